The number of rotatable bonds is 6. The summed E-state index contributed by atoms with van der Waals surface area (Å²) in [5, 5.41) is 0. The molecule has 28 heavy (non-hydrogen) atoms. The van der Waals surface area contributed by atoms with Crippen LogP contribution in [0.15, 0.2) is 42.5 Å². The van der Waals surface area contributed by atoms with E-state index in [1.54, 1.807) is 38.5 Å². The zero-order valence-corrected chi connectivity index (χ0v) is 17.2. The number of ether oxygens (including phenoxy) is 2. The number of hydrogen-bond acceptors (Lipinski definition) is 5. The monoisotopic (exact) mass is 403 g/mol. The van der Waals surface area contributed by atoms with E-state index in [9.17, 15) is 13.2 Å². The van der Waals surface area contributed by atoms with Gasteiger partial charge in [-0.15, -0.1) is 0 Å². The quantitative estimate of drug-likeness (QED) is 0.740. The van der Waals surface area contributed by atoms with Gasteiger partial charge >= 0.3 is 0 Å². The number of sulfone groups is 1. The van der Waals surface area contributed by atoms with Crippen molar-refractivity contribution in [1.82, 2.24) is 4.90 Å². The second-order valence-electron chi connectivity index (χ2n) is 7.04. The molecule has 1 saturated heterocycles. The number of carbonyl (C=O) groups excluding carboxylic acids is 1. The Labute approximate surface area is 166 Å². The van der Waals surface area contributed by atoms with E-state index in [1.807, 2.05) is 23.1 Å². The normalized spacial score (nSPS) is 16.8. The predicted octanol–water partition coefficient (Wildman–Crippen LogP) is 3.23. The Bertz CT molecular complexity index is 971. The number of benzene rings is 2. The van der Waals surface area contributed by atoms with E-state index in [4.69, 9.17) is 9.47 Å². The van der Waals surface area contributed by atoms with Crippen molar-refractivity contribution in [3.63, 3.8) is 0 Å². The molecule has 0 N–H and O–H groups in total. The van der Waals surface area contributed by atoms with Crippen molar-refractivity contribution in [3.05, 3.63) is 59.2 Å². The standard InChI is InChI=1S/C21H25NO5S/c1-26-19-10-9-16(13-20(19)27-2)18-8-5-11-22(18)21(23)17-7-4-6-15(12-17)14-28(3,24)25/h4,6-7,9-10,12-13,18H,5,8,11,14H2,1-3H3/t18-/m1/s1. The maximum Gasteiger partial charge on any atom is 0.254 e. The van der Waals surface area contributed by atoms with Gasteiger partial charge in [-0.1, -0.05) is 18.2 Å². The summed E-state index contributed by atoms with van der Waals surface area (Å²) in [6, 6.07) is 12.5. The fourth-order valence-corrected chi connectivity index (χ4v) is 4.46. The molecule has 0 aliphatic carbocycles. The van der Waals surface area contributed by atoms with E-state index in [0.29, 0.717) is 29.2 Å². The van der Waals surface area contributed by atoms with Gasteiger partial charge in [-0.25, -0.2) is 8.42 Å². The molecule has 0 spiro atoms. The molecule has 1 aliphatic heterocycles. The number of amides is 1. The highest BCUT2D eigenvalue weighted by Crippen LogP contribution is 2.37. The topological polar surface area (TPSA) is 72.9 Å². The minimum Gasteiger partial charge on any atom is -0.493 e. The van der Waals surface area contributed by atoms with Crippen LogP contribution in [-0.2, 0) is 15.6 Å². The third kappa shape index (κ3) is 4.47. The van der Waals surface area contributed by atoms with E-state index >= 15 is 0 Å². The van der Waals surface area contributed by atoms with Crippen molar-refractivity contribution in [3.8, 4) is 11.5 Å². The Balaban J connectivity index is 1.87. The molecule has 0 unspecified atom stereocenters. The lowest BCUT2D eigenvalue weighted by atomic mass is 10.0. The maximum absolute atomic E-state index is 13.1. The summed E-state index contributed by atoms with van der Waals surface area (Å²) in [5.41, 5.74) is 2.12. The van der Waals surface area contributed by atoms with Crippen LogP contribution in [0.2, 0.25) is 0 Å². The predicted molar refractivity (Wildman–Crippen MR) is 108 cm³/mol. The summed E-state index contributed by atoms with van der Waals surface area (Å²) in [6.07, 6.45) is 2.97. The third-order valence-electron chi connectivity index (χ3n) is 4.91. The summed E-state index contributed by atoms with van der Waals surface area (Å²) < 4.78 is 33.8. The first-order valence-corrected chi connectivity index (χ1v) is 11.2. The van der Waals surface area contributed by atoms with Gasteiger partial charge in [0.05, 0.1) is 26.0 Å². The van der Waals surface area contributed by atoms with E-state index in [0.717, 1.165) is 18.4 Å². The molecule has 1 aliphatic rings. The molecule has 150 valence electrons. The van der Waals surface area contributed by atoms with Gasteiger partial charge in [0.15, 0.2) is 21.3 Å². The average Bonchev–Trinajstić information content (AvgIpc) is 3.15. The van der Waals surface area contributed by atoms with Crippen LogP contribution < -0.4 is 9.47 Å². The Kier molecular flexibility index (Phi) is 5.93. The third-order valence-corrected chi connectivity index (χ3v) is 5.77. The molecule has 7 heteroatoms. The highest BCUT2D eigenvalue weighted by molar-refractivity contribution is 7.89. The smallest absolute Gasteiger partial charge is 0.254 e. The molecule has 6 nitrogen and oxygen atoms in total. The fraction of sp³-hybridized carbons (Fsp3) is 0.381. The van der Waals surface area contributed by atoms with Gasteiger partial charge < -0.3 is 14.4 Å². The summed E-state index contributed by atoms with van der Waals surface area (Å²) in [7, 11) is 0.0220. The van der Waals surface area contributed by atoms with Crippen molar-refractivity contribution in [1.29, 1.82) is 0 Å². The number of likely N-dealkylation sites (tertiary alicyclic amines) is 1. The Hall–Kier alpha value is -2.54. The molecule has 2 aromatic carbocycles. The Morgan fingerprint density at radius 2 is 1.86 bits per heavy atom. The first-order valence-electron chi connectivity index (χ1n) is 9.12. The number of carbonyl (C=O) groups is 1. The highest BCUT2D eigenvalue weighted by Gasteiger charge is 2.31. The second kappa shape index (κ2) is 8.22. The lowest BCUT2D eigenvalue weighted by molar-refractivity contribution is 0.0735. The zero-order valence-electron chi connectivity index (χ0n) is 16.3. The first-order chi connectivity index (χ1) is 13.3. The van der Waals surface area contributed by atoms with Gasteiger partial charge in [-0.3, -0.25) is 4.79 Å². The molecule has 1 amide bonds. The summed E-state index contributed by atoms with van der Waals surface area (Å²) in [6.45, 7) is 0.661. The minimum atomic E-state index is -3.16. The van der Waals surface area contributed by atoms with Crippen LogP contribution in [-0.4, -0.2) is 46.2 Å². The second-order valence-corrected chi connectivity index (χ2v) is 9.18. The molecule has 0 aromatic heterocycles. The Morgan fingerprint density at radius 3 is 2.54 bits per heavy atom. The first kappa shape index (κ1) is 20.2. The number of nitrogens with zero attached hydrogens (tertiary/aromatic N) is 1. The Morgan fingerprint density at radius 1 is 1.11 bits per heavy atom. The van der Waals surface area contributed by atoms with Crippen molar-refractivity contribution in [2.24, 2.45) is 0 Å². The lowest BCUT2D eigenvalue weighted by Crippen LogP contribution is -2.30. The van der Waals surface area contributed by atoms with Crippen molar-refractivity contribution in [2.75, 3.05) is 27.0 Å². The van der Waals surface area contributed by atoms with Gasteiger partial charge in [0, 0.05) is 18.4 Å². The van der Waals surface area contributed by atoms with Gasteiger partial charge in [-0.05, 0) is 48.2 Å². The van der Waals surface area contributed by atoms with E-state index < -0.39 is 9.84 Å². The average molecular weight is 404 g/mol. The lowest BCUT2D eigenvalue weighted by Gasteiger charge is -2.26. The highest BCUT2D eigenvalue weighted by atomic mass is 32.2. The number of hydrogen-bond donors (Lipinski definition) is 0. The molecule has 1 fully saturated rings. The molecule has 1 atom stereocenters. The molecular formula is C21H25NO5S. The summed E-state index contributed by atoms with van der Waals surface area (Å²) in [5.74, 6) is 1.12. The largest absolute Gasteiger partial charge is 0.493 e. The van der Waals surface area contributed by atoms with Crippen LogP contribution in [0.4, 0.5) is 0 Å². The maximum atomic E-state index is 13.1. The van der Waals surface area contributed by atoms with Crippen LogP contribution in [0.1, 0.15) is 40.4 Å². The SMILES string of the molecule is COc1ccc([C@H]2CCCN2C(=O)c2cccc(CS(C)(=O)=O)c2)cc1OC. The molecule has 0 bridgehead atoms. The van der Waals surface area contributed by atoms with Crippen LogP contribution in [0.3, 0.4) is 0 Å². The molecule has 0 saturated carbocycles. The van der Waals surface area contributed by atoms with E-state index in [2.05, 4.69) is 0 Å². The van der Waals surface area contributed by atoms with Gasteiger partial charge in [-0.2, -0.15) is 0 Å². The van der Waals surface area contributed by atoms with E-state index in [1.165, 1.54) is 6.26 Å². The van der Waals surface area contributed by atoms with Crippen LogP contribution in [0.25, 0.3) is 0 Å². The summed E-state index contributed by atoms with van der Waals surface area (Å²) >= 11 is 0. The number of methoxy groups -OCH3 is 2. The molecule has 0 radical (unpaired) electrons. The fourth-order valence-electron chi connectivity index (χ4n) is 3.68. The van der Waals surface area contributed by atoms with Gasteiger partial charge in [0.1, 0.15) is 0 Å². The molecule has 1 heterocycles. The van der Waals surface area contributed by atoms with Gasteiger partial charge in [0.25, 0.3) is 5.91 Å². The minimum absolute atomic E-state index is 0.0501. The zero-order chi connectivity index (χ0) is 20.3. The van der Waals surface area contributed by atoms with Crippen molar-refractivity contribution in [2.45, 2.75) is 24.6 Å². The van der Waals surface area contributed by atoms with Crippen molar-refractivity contribution < 1.29 is 22.7 Å². The molecule has 2 aromatic rings. The van der Waals surface area contributed by atoms with E-state index in [-0.39, 0.29) is 17.7 Å². The van der Waals surface area contributed by atoms with Gasteiger partial charge in [0.2, 0.25) is 0 Å². The molecule has 3 rings (SSSR count). The summed E-state index contributed by atoms with van der Waals surface area (Å²) in [4.78, 5) is 15.0. The van der Waals surface area contributed by atoms with Crippen molar-refractivity contribution >= 4 is 15.7 Å². The van der Waals surface area contributed by atoms with Crippen LogP contribution in [0.5, 0.6) is 11.5 Å². The van der Waals surface area contributed by atoms with Crippen LogP contribution >= 0.6 is 0 Å². The molecular weight excluding hydrogens is 378 g/mol. The van der Waals surface area contributed by atoms with Crippen LogP contribution in [0, 0.1) is 0 Å².